The number of halogens is 1. The lowest BCUT2D eigenvalue weighted by Gasteiger charge is -2.18. The molecule has 0 aliphatic carbocycles. The van der Waals surface area contributed by atoms with Crippen molar-refractivity contribution in [2.75, 3.05) is 5.32 Å². The van der Waals surface area contributed by atoms with E-state index in [1.54, 1.807) is 73.5 Å². The lowest BCUT2D eigenvalue weighted by atomic mass is 10.1. The van der Waals surface area contributed by atoms with E-state index in [-0.39, 0.29) is 34.3 Å². The Balaban J connectivity index is 1.38. The van der Waals surface area contributed by atoms with E-state index in [1.165, 1.54) is 24.4 Å². The molecule has 1 amide bonds. The van der Waals surface area contributed by atoms with E-state index in [4.69, 9.17) is 4.74 Å². The summed E-state index contributed by atoms with van der Waals surface area (Å²) in [6.07, 6.45) is 6.33. The first-order valence-electron chi connectivity index (χ1n) is 13.7. The monoisotopic (exact) mass is 601 g/mol. The average Bonchev–Trinajstić information content (AvgIpc) is 3.44. The fourth-order valence-electron chi connectivity index (χ4n) is 4.63. The summed E-state index contributed by atoms with van der Waals surface area (Å²) in [6, 6.07) is 14.2. The highest BCUT2D eigenvalue weighted by Gasteiger charge is 2.27. The fraction of sp³-hybridized carbons (Fsp3) is 0.250. The van der Waals surface area contributed by atoms with E-state index >= 15 is 4.39 Å². The molecule has 0 radical (unpaired) electrons. The van der Waals surface area contributed by atoms with Gasteiger partial charge >= 0.3 is 0 Å². The number of sulfone groups is 1. The van der Waals surface area contributed by atoms with Crippen LogP contribution in [0.4, 0.5) is 10.1 Å². The molecule has 1 N–H and O–H groups in total. The highest BCUT2D eigenvalue weighted by atomic mass is 32.2. The average molecular weight is 602 g/mol. The summed E-state index contributed by atoms with van der Waals surface area (Å²) >= 11 is 0. The molecule has 5 aromatic rings. The number of nitrogens with one attached hydrogen (secondary N) is 1. The predicted molar refractivity (Wildman–Crippen MR) is 162 cm³/mol. The van der Waals surface area contributed by atoms with Gasteiger partial charge < -0.3 is 10.1 Å². The van der Waals surface area contributed by atoms with Crippen LogP contribution >= 0.6 is 0 Å². The first-order chi connectivity index (χ1) is 20.3. The number of carbonyl (C=O) groups excluding carboxylic acids is 1. The predicted octanol–water partition coefficient (Wildman–Crippen LogP) is 6.54. The number of aryl methyl sites for hydroxylation is 1. The number of rotatable bonds is 8. The van der Waals surface area contributed by atoms with Crippen LogP contribution in [0.3, 0.4) is 0 Å². The summed E-state index contributed by atoms with van der Waals surface area (Å²) in [5, 5.41) is 6.60. The lowest BCUT2D eigenvalue weighted by molar-refractivity contribution is -0.115. The van der Waals surface area contributed by atoms with Crippen molar-refractivity contribution < 1.29 is 22.3 Å². The molecule has 43 heavy (non-hydrogen) atoms. The summed E-state index contributed by atoms with van der Waals surface area (Å²) in [7, 11) is -3.80. The Morgan fingerprint density at radius 1 is 1.07 bits per heavy atom. The summed E-state index contributed by atoms with van der Waals surface area (Å²) in [5.41, 5.74) is 2.19. The molecule has 0 spiro atoms. The van der Waals surface area contributed by atoms with Crippen molar-refractivity contribution in [3.8, 4) is 11.5 Å². The van der Waals surface area contributed by atoms with Crippen molar-refractivity contribution in [3.05, 3.63) is 102 Å². The fourth-order valence-corrected chi connectivity index (χ4v) is 6.04. The molecule has 1 atom stereocenters. The zero-order valence-electron chi connectivity index (χ0n) is 24.5. The minimum Gasteiger partial charge on any atom is -0.453 e. The number of fused-ring (bicyclic) bond motifs is 1. The molecule has 0 saturated carbocycles. The maximum absolute atomic E-state index is 15.4. The van der Waals surface area contributed by atoms with Crippen molar-refractivity contribution in [2.45, 2.75) is 56.7 Å². The molecule has 0 fully saturated rings. The highest BCUT2D eigenvalue weighted by Crippen LogP contribution is 2.36. The Hall–Kier alpha value is -4.64. The molecular weight excluding hydrogens is 569 g/mol. The Morgan fingerprint density at radius 2 is 1.86 bits per heavy atom. The minimum absolute atomic E-state index is 0.0294. The number of hydrogen-bond donors (Lipinski definition) is 1. The number of carbonyl (C=O) groups is 1. The zero-order chi connectivity index (χ0) is 30.9. The molecule has 0 saturated heterocycles. The van der Waals surface area contributed by atoms with Gasteiger partial charge in [-0.15, -0.1) is 0 Å². The third kappa shape index (κ3) is 6.41. The van der Waals surface area contributed by atoms with Crippen LogP contribution in [0.15, 0.2) is 84.3 Å². The number of amides is 1. The van der Waals surface area contributed by atoms with E-state index in [0.717, 1.165) is 0 Å². The summed E-state index contributed by atoms with van der Waals surface area (Å²) in [4.78, 5) is 21.3. The lowest BCUT2D eigenvalue weighted by Crippen LogP contribution is -2.22. The van der Waals surface area contributed by atoms with E-state index in [9.17, 15) is 13.2 Å². The molecular formula is C32H32FN5O4S. The van der Waals surface area contributed by atoms with Crippen molar-refractivity contribution in [2.24, 2.45) is 0 Å². The molecule has 11 heteroatoms. The van der Waals surface area contributed by atoms with Crippen LogP contribution in [-0.4, -0.2) is 34.1 Å². The van der Waals surface area contributed by atoms with Gasteiger partial charge in [-0.3, -0.25) is 19.4 Å². The largest absolute Gasteiger partial charge is 0.453 e. The van der Waals surface area contributed by atoms with Crippen LogP contribution in [0.25, 0.3) is 10.9 Å². The van der Waals surface area contributed by atoms with Gasteiger partial charge in [-0.05, 0) is 88.2 Å². The Bertz CT molecular complexity index is 1890. The molecule has 9 nitrogen and oxygen atoms in total. The first-order valence-corrected chi connectivity index (χ1v) is 15.2. The first kappa shape index (κ1) is 29.8. The van der Waals surface area contributed by atoms with Crippen molar-refractivity contribution in [1.29, 1.82) is 0 Å². The second-order valence-corrected chi connectivity index (χ2v) is 13.6. The smallest absolute Gasteiger partial charge is 0.228 e. The maximum atomic E-state index is 15.4. The molecule has 0 aliphatic heterocycles. The third-order valence-corrected chi connectivity index (χ3v) is 9.07. The zero-order valence-corrected chi connectivity index (χ0v) is 25.3. The van der Waals surface area contributed by atoms with Crippen molar-refractivity contribution in [3.63, 3.8) is 0 Å². The van der Waals surface area contributed by atoms with Crippen LogP contribution in [0.2, 0.25) is 0 Å². The SMILES string of the molecule is Cc1cc(CC(=O)Nc2cnn(C(C)(C)C)c2)cc(F)c1Oc1ccnc2ccc(S(=O)(=O)[C@@H](C)c3ccccn3)cc12. The third-order valence-electron chi connectivity index (χ3n) is 6.99. The molecule has 5 rings (SSSR count). The van der Waals surface area contributed by atoms with E-state index in [1.807, 2.05) is 20.8 Å². The van der Waals surface area contributed by atoms with Gasteiger partial charge in [0.25, 0.3) is 0 Å². The molecule has 0 unspecified atom stereocenters. The Kier molecular flexibility index (Phi) is 8.02. The minimum atomic E-state index is -3.80. The van der Waals surface area contributed by atoms with Gasteiger partial charge in [-0.2, -0.15) is 5.10 Å². The van der Waals surface area contributed by atoms with Gasteiger partial charge in [-0.1, -0.05) is 12.1 Å². The highest BCUT2D eigenvalue weighted by molar-refractivity contribution is 7.91. The Morgan fingerprint density at radius 3 is 2.53 bits per heavy atom. The van der Waals surface area contributed by atoms with E-state index in [2.05, 4.69) is 20.4 Å². The van der Waals surface area contributed by atoms with Crippen LogP contribution in [0.1, 0.15) is 49.8 Å². The van der Waals surface area contributed by atoms with Gasteiger partial charge in [0.2, 0.25) is 5.91 Å². The summed E-state index contributed by atoms with van der Waals surface area (Å²) in [5.74, 6) is -0.746. The number of ether oxygens (including phenoxy) is 1. The second kappa shape index (κ2) is 11.6. The number of pyridine rings is 2. The van der Waals surface area contributed by atoms with E-state index < -0.39 is 20.9 Å². The normalized spacial score (nSPS) is 12.7. The van der Waals surface area contributed by atoms with Gasteiger partial charge in [0.15, 0.2) is 21.4 Å². The second-order valence-electron chi connectivity index (χ2n) is 11.3. The standard InChI is InChI=1S/C32H32FN5O4S/c1-20-14-22(16-30(39)37-23-18-36-38(19-23)32(3,4)5)15-26(33)31(20)42-29-11-13-35-28-10-9-24(17-25(28)29)43(40,41)21(2)27-8-6-7-12-34-27/h6-15,17-19,21H,16H2,1-5H3,(H,37,39)/t21-/m0/s1. The summed E-state index contributed by atoms with van der Waals surface area (Å²) < 4.78 is 50.0. The number of nitrogens with zero attached hydrogens (tertiary/aromatic N) is 4. The van der Waals surface area contributed by atoms with Crippen molar-refractivity contribution >= 4 is 32.3 Å². The number of hydrogen-bond acceptors (Lipinski definition) is 7. The van der Waals surface area contributed by atoms with Crippen molar-refractivity contribution in [1.82, 2.24) is 19.7 Å². The van der Waals surface area contributed by atoms with Crippen LogP contribution in [0.5, 0.6) is 11.5 Å². The van der Waals surface area contributed by atoms with Gasteiger partial charge in [-0.25, -0.2) is 12.8 Å². The number of anilines is 1. The van der Waals surface area contributed by atoms with Crippen LogP contribution in [-0.2, 0) is 26.6 Å². The quantitative estimate of drug-likeness (QED) is 0.215. The van der Waals surface area contributed by atoms with Gasteiger partial charge in [0.1, 0.15) is 11.0 Å². The van der Waals surface area contributed by atoms with E-state index in [0.29, 0.717) is 33.4 Å². The van der Waals surface area contributed by atoms with Crippen LogP contribution < -0.4 is 10.1 Å². The topological polar surface area (TPSA) is 116 Å². The summed E-state index contributed by atoms with van der Waals surface area (Å²) in [6.45, 7) is 9.27. The Labute approximate surface area is 249 Å². The number of aromatic nitrogens is 4. The molecule has 0 bridgehead atoms. The molecule has 222 valence electrons. The maximum Gasteiger partial charge on any atom is 0.228 e. The molecule has 2 aromatic carbocycles. The molecule has 3 heterocycles. The van der Waals surface area contributed by atoms with Gasteiger partial charge in [0, 0.05) is 24.0 Å². The van der Waals surface area contributed by atoms with Gasteiger partial charge in [0.05, 0.1) is 40.0 Å². The van der Waals surface area contributed by atoms with Crippen LogP contribution in [0, 0.1) is 12.7 Å². The molecule has 0 aliphatic rings. The number of benzene rings is 2. The molecule has 3 aromatic heterocycles.